The molecule has 0 aromatic heterocycles. The Kier molecular flexibility index (Phi) is 6.87. The minimum atomic E-state index is 0.623. The molecule has 0 aliphatic carbocycles. The van der Waals surface area contributed by atoms with E-state index in [2.05, 4.69) is 72.8 Å². The second-order valence-corrected chi connectivity index (χ2v) is 7.59. The van der Waals surface area contributed by atoms with Gasteiger partial charge in [0.05, 0.1) is 0 Å². The SMILES string of the molecule is C(=C/CSc1ccccc1)/CC[Se]c1ccccc1. The summed E-state index contributed by atoms with van der Waals surface area (Å²) in [7, 11) is 0. The molecule has 0 unspecified atom stereocenters. The van der Waals surface area contributed by atoms with Crippen LogP contribution in [0.5, 0.6) is 0 Å². The van der Waals surface area contributed by atoms with Crippen molar-refractivity contribution in [1.82, 2.24) is 0 Å². The molecular weight excluding hydrogens is 315 g/mol. The Morgan fingerprint density at radius 2 is 1.53 bits per heavy atom. The van der Waals surface area contributed by atoms with Gasteiger partial charge < -0.3 is 0 Å². The van der Waals surface area contributed by atoms with Gasteiger partial charge in [0.15, 0.2) is 0 Å². The number of allylic oxidation sites excluding steroid dienone is 1. The van der Waals surface area contributed by atoms with Crippen molar-refractivity contribution in [3.8, 4) is 0 Å². The maximum atomic E-state index is 2.32. The van der Waals surface area contributed by atoms with Gasteiger partial charge in [0.1, 0.15) is 0 Å². The topological polar surface area (TPSA) is 0 Å². The Balaban J connectivity index is 1.57. The van der Waals surface area contributed by atoms with E-state index in [1.54, 1.807) is 0 Å². The van der Waals surface area contributed by atoms with Crippen LogP contribution in [-0.4, -0.2) is 20.7 Å². The van der Waals surface area contributed by atoms with Crippen LogP contribution in [0.25, 0.3) is 0 Å². The van der Waals surface area contributed by atoms with Crippen LogP contribution >= 0.6 is 11.8 Å². The van der Waals surface area contributed by atoms with Crippen molar-refractivity contribution in [2.75, 3.05) is 5.75 Å². The summed E-state index contributed by atoms with van der Waals surface area (Å²) in [5.41, 5.74) is 0. The quantitative estimate of drug-likeness (QED) is 0.317. The van der Waals surface area contributed by atoms with Crippen molar-refractivity contribution in [2.45, 2.75) is 16.6 Å². The van der Waals surface area contributed by atoms with E-state index in [0.717, 1.165) is 5.75 Å². The van der Waals surface area contributed by atoms with Crippen LogP contribution < -0.4 is 4.46 Å². The second-order valence-electron chi connectivity index (χ2n) is 4.05. The monoisotopic (exact) mass is 334 g/mol. The van der Waals surface area contributed by atoms with Gasteiger partial charge in [0.2, 0.25) is 0 Å². The summed E-state index contributed by atoms with van der Waals surface area (Å²) in [6, 6.07) is 21.4. The number of thioether (sulfide) groups is 1. The number of benzene rings is 2. The summed E-state index contributed by atoms with van der Waals surface area (Å²) in [6.07, 6.45) is 5.81. The number of rotatable bonds is 7. The van der Waals surface area contributed by atoms with E-state index >= 15 is 0 Å². The molecule has 0 fully saturated rings. The molecule has 0 radical (unpaired) electrons. The van der Waals surface area contributed by atoms with Crippen LogP contribution in [0.1, 0.15) is 6.42 Å². The summed E-state index contributed by atoms with van der Waals surface area (Å²) < 4.78 is 1.50. The molecule has 0 spiro atoms. The molecule has 19 heavy (non-hydrogen) atoms. The molecule has 2 heteroatoms. The summed E-state index contributed by atoms with van der Waals surface area (Å²) in [5, 5.41) is 1.30. The Morgan fingerprint density at radius 3 is 2.26 bits per heavy atom. The van der Waals surface area contributed by atoms with Crippen LogP contribution in [0.15, 0.2) is 77.7 Å². The van der Waals surface area contributed by atoms with E-state index in [1.165, 1.54) is 21.1 Å². The molecule has 2 rings (SSSR count). The molecule has 0 heterocycles. The number of hydrogen-bond acceptors (Lipinski definition) is 1. The first-order valence-electron chi connectivity index (χ1n) is 6.46. The minimum absolute atomic E-state index is 0.623. The first-order chi connectivity index (χ1) is 9.45. The van der Waals surface area contributed by atoms with Gasteiger partial charge in [-0.05, 0) is 0 Å². The molecule has 0 N–H and O–H groups in total. The van der Waals surface area contributed by atoms with E-state index in [-0.39, 0.29) is 0 Å². The third-order valence-corrected chi connectivity index (χ3v) is 5.71. The van der Waals surface area contributed by atoms with Crippen LogP contribution in [0.2, 0.25) is 5.32 Å². The Labute approximate surface area is 126 Å². The summed E-state index contributed by atoms with van der Waals surface area (Å²) in [5.74, 6) is 1.07. The molecule has 0 saturated carbocycles. The average molecular weight is 333 g/mol. The molecule has 0 aliphatic rings. The summed E-state index contributed by atoms with van der Waals surface area (Å²) in [4.78, 5) is 1.35. The van der Waals surface area contributed by atoms with Gasteiger partial charge >= 0.3 is 126 Å². The van der Waals surface area contributed by atoms with Crippen LogP contribution in [-0.2, 0) is 0 Å². The third kappa shape index (κ3) is 6.15. The molecule has 0 nitrogen and oxygen atoms in total. The standard InChI is InChI=1S/C17H18SSe/c1-4-10-16(11-5-1)18-14-8-3-9-15-19-17-12-6-2-7-13-17/h1-8,10-13H,9,14-15H2/b8-3-. The van der Waals surface area contributed by atoms with Crippen molar-refractivity contribution < 1.29 is 0 Å². The van der Waals surface area contributed by atoms with Crippen molar-refractivity contribution in [2.24, 2.45) is 0 Å². The van der Waals surface area contributed by atoms with Crippen molar-refractivity contribution in [1.29, 1.82) is 0 Å². The van der Waals surface area contributed by atoms with Gasteiger partial charge in [-0.15, -0.1) is 0 Å². The van der Waals surface area contributed by atoms with Crippen molar-refractivity contribution >= 4 is 31.2 Å². The second kappa shape index (κ2) is 9.03. The van der Waals surface area contributed by atoms with Gasteiger partial charge in [-0.2, -0.15) is 0 Å². The van der Waals surface area contributed by atoms with Gasteiger partial charge in [-0.3, -0.25) is 0 Å². The molecule has 0 bridgehead atoms. The first kappa shape index (κ1) is 14.5. The Hall–Kier alpha value is -0.951. The molecule has 0 atom stereocenters. The Bertz CT molecular complexity index is 479. The fourth-order valence-corrected chi connectivity index (χ4v) is 4.14. The van der Waals surface area contributed by atoms with E-state index in [9.17, 15) is 0 Å². The Morgan fingerprint density at radius 1 is 0.842 bits per heavy atom. The molecule has 0 amide bonds. The summed E-state index contributed by atoms with van der Waals surface area (Å²) >= 11 is 2.52. The molecular formula is C17H18SSe. The zero-order valence-corrected chi connectivity index (χ0v) is 13.4. The predicted octanol–water partition coefficient (Wildman–Crippen LogP) is 4.17. The molecule has 2 aromatic rings. The van der Waals surface area contributed by atoms with Gasteiger partial charge in [-0.25, -0.2) is 0 Å². The van der Waals surface area contributed by atoms with E-state index in [0.29, 0.717) is 15.0 Å². The van der Waals surface area contributed by atoms with E-state index in [1.807, 2.05) is 11.8 Å². The zero-order valence-electron chi connectivity index (χ0n) is 10.9. The van der Waals surface area contributed by atoms with Crippen LogP contribution in [0, 0.1) is 0 Å². The van der Waals surface area contributed by atoms with Crippen molar-refractivity contribution in [3.05, 3.63) is 72.8 Å². The van der Waals surface area contributed by atoms with Gasteiger partial charge in [0.25, 0.3) is 0 Å². The molecule has 0 aliphatic heterocycles. The van der Waals surface area contributed by atoms with Crippen molar-refractivity contribution in [3.63, 3.8) is 0 Å². The van der Waals surface area contributed by atoms with Crippen LogP contribution in [0.4, 0.5) is 0 Å². The van der Waals surface area contributed by atoms with Crippen LogP contribution in [0.3, 0.4) is 0 Å². The fourth-order valence-electron chi connectivity index (χ4n) is 1.61. The zero-order chi connectivity index (χ0) is 13.2. The van der Waals surface area contributed by atoms with Gasteiger partial charge in [-0.1, -0.05) is 0 Å². The fraction of sp³-hybridized carbons (Fsp3) is 0.176. The summed E-state index contributed by atoms with van der Waals surface area (Å²) in [6.45, 7) is 0. The molecule has 2 aromatic carbocycles. The predicted molar refractivity (Wildman–Crippen MR) is 87.6 cm³/mol. The average Bonchev–Trinajstić information content (AvgIpc) is 2.48. The van der Waals surface area contributed by atoms with Gasteiger partial charge in [0, 0.05) is 0 Å². The van der Waals surface area contributed by atoms with E-state index in [4.69, 9.17) is 0 Å². The maximum absolute atomic E-state index is 2.32. The first-order valence-corrected chi connectivity index (χ1v) is 9.51. The number of hydrogen-bond donors (Lipinski definition) is 0. The third-order valence-electron chi connectivity index (χ3n) is 2.55. The normalized spacial score (nSPS) is 10.9. The van der Waals surface area contributed by atoms with E-state index < -0.39 is 0 Å². The molecule has 0 saturated heterocycles. The molecule has 98 valence electrons.